The normalized spacial score (nSPS) is 31.6. The zero-order valence-electron chi connectivity index (χ0n) is 7.99. The van der Waals surface area contributed by atoms with Gasteiger partial charge in [0.05, 0.1) is 6.61 Å². The van der Waals surface area contributed by atoms with E-state index in [2.05, 4.69) is 5.32 Å². The van der Waals surface area contributed by atoms with Gasteiger partial charge < -0.3 is 14.6 Å². The Hall–Kier alpha value is -0.650. The molecule has 0 radical (unpaired) electrons. The van der Waals surface area contributed by atoms with Gasteiger partial charge in [0, 0.05) is 25.2 Å². The molecule has 2 aliphatic rings. The largest absolute Gasteiger partial charge is 0.478 e. The van der Waals surface area contributed by atoms with E-state index < -0.39 is 12.2 Å². The van der Waals surface area contributed by atoms with Crippen molar-refractivity contribution in [3.8, 4) is 0 Å². The van der Waals surface area contributed by atoms with Crippen molar-refractivity contribution < 1.29 is 19.4 Å². The fourth-order valence-corrected chi connectivity index (χ4v) is 1.96. The third-order valence-corrected chi connectivity index (χ3v) is 3.00. The first-order valence-electron chi connectivity index (χ1n) is 4.87. The molecule has 0 saturated carbocycles. The molecule has 2 N–H and O–H groups in total. The molecule has 0 aliphatic carbocycles. The molecule has 0 aromatic rings. The van der Waals surface area contributed by atoms with Crippen LogP contribution in [0.15, 0.2) is 0 Å². The second-order valence-corrected chi connectivity index (χ2v) is 4.02. The summed E-state index contributed by atoms with van der Waals surface area (Å²) in [7, 11) is 0. The maximum Gasteiger partial charge on any atom is 0.348 e. The highest BCUT2D eigenvalue weighted by atomic mass is 16.5. The summed E-state index contributed by atoms with van der Waals surface area (Å²) in [5.41, 5.74) is 0.101. The van der Waals surface area contributed by atoms with Gasteiger partial charge in [-0.2, -0.15) is 0 Å². The number of carboxylic acid groups (broad SMARTS) is 1. The Morgan fingerprint density at radius 2 is 2.14 bits per heavy atom. The smallest absolute Gasteiger partial charge is 0.348 e. The van der Waals surface area contributed by atoms with Crippen LogP contribution < -0.4 is 5.32 Å². The number of hydrogen-bond acceptors (Lipinski definition) is 4. The lowest BCUT2D eigenvalue weighted by Gasteiger charge is -2.41. The molecule has 5 heteroatoms. The van der Waals surface area contributed by atoms with Crippen LogP contribution in [0.3, 0.4) is 0 Å². The van der Waals surface area contributed by atoms with Gasteiger partial charge in [-0.15, -0.1) is 0 Å². The van der Waals surface area contributed by atoms with Gasteiger partial charge in [-0.1, -0.05) is 0 Å². The lowest BCUT2D eigenvalue weighted by atomic mass is 9.80. The van der Waals surface area contributed by atoms with E-state index in [4.69, 9.17) is 14.6 Å². The van der Waals surface area contributed by atoms with E-state index >= 15 is 0 Å². The predicted molar refractivity (Wildman–Crippen MR) is 47.9 cm³/mol. The molecule has 0 bridgehead atoms. The number of rotatable bonds is 1. The highest BCUT2D eigenvalue weighted by molar-refractivity contribution is 5.71. The number of hydrogen-bond donors (Lipinski definition) is 2. The first-order chi connectivity index (χ1) is 6.72. The lowest BCUT2D eigenvalue weighted by molar-refractivity contribution is -0.166. The van der Waals surface area contributed by atoms with Gasteiger partial charge in [0.2, 0.25) is 6.23 Å². The summed E-state index contributed by atoms with van der Waals surface area (Å²) in [5, 5.41) is 11.6. The highest BCUT2D eigenvalue weighted by Crippen LogP contribution is 2.32. The van der Waals surface area contributed by atoms with E-state index in [9.17, 15) is 4.79 Å². The fourth-order valence-electron chi connectivity index (χ4n) is 1.96. The topological polar surface area (TPSA) is 67.8 Å². The third kappa shape index (κ3) is 1.89. The first-order valence-corrected chi connectivity index (χ1v) is 4.87. The molecule has 0 aromatic carbocycles. The van der Waals surface area contributed by atoms with Gasteiger partial charge in [0.1, 0.15) is 0 Å². The van der Waals surface area contributed by atoms with Crippen molar-refractivity contribution >= 4 is 5.97 Å². The van der Waals surface area contributed by atoms with Crippen LogP contribution in [-0.2, 0) is 14.3 Å². The lowest BCUT2D eigenvalue weighted by Crippen LogP contribution is -2.55. The van der Waals surface area contributed by atoms with Crippen LogP contribution >= 0.6 is 0 Å². The molecule has 5 nitrogen and oxygen atoms in total. The van der Waals surface area contributed by atoms with Crippen molar-refractivity contribution in [2.24, 2.45) is 5.41 Å². The second-order valence-electron chi connectivity index (χ2n) is 4.02. The minimum absolute atomic E-state index is 0.101. The Bertz CT molecular complexity index is 215. The van der Waals surface area contributed by atoms with E-state index in [-0.39, 0.29) is 5.41 Å². The Morgan fingerprint density at radius 3 is 2.64 bits per heavy atom. The average Bonchev–Trinajstić information content (AvgIpc) is 2.19. The maximum absolute atomic E-state index is 10.6. The summed E-state index contributed by atoms with van der Waals surface area (Å²) in [6, 6.07) is 0. The summed E-state index contributed by atoms with van der Waals surface area (Å²) in [5.74, 6) is -0.938. The molecule has 2 aliphatic heterocycles. The highest BCUT2D eigenvalue weighted by Gasteiger charge is 2.39. The number of aliphatic carboxylic acids is 1. The molecular weight excluding hydrogens is 186 g/mol. The molecule has 0 amide bonds. The number of ether oxygens (including phenoxy) is 2. The second kappa shape index (κ2) is 3.84. The molecule has 1 spiro atoms. The number of nitrogens with one attached hydrogen (secondary N) is 1. The van der Waals surface area contributed by atoms with Crippen molar-refractivity contribution in [1.29, 1.82) is 0 Å². The van der Waals surface area contributed by atoms with E-state index in [0.717, 1.165) is 26.1 Å². The summed E-state index contributed by atoms with van der Waals surface area (Å²) in [6.45, 7) is 2.75. The van der Waals surface area contributed by atoms with Crippen LogP contribution in [0.1, 0.15) is 12.8 Å². The van der Waals surface area contributed by atoms with Gasteiger partial charge in [-0.05, 0) is 12.8 Å². The van der Waals surface area contributed by atoms with Crippen LogP contribution in [0.25, 0.3) is 0 Å². The molecule has 2 fully saturated rings. The van der Waals surface area contributed by atoms with Gasteiger partial charge in [-0.25, -0.2) is 4.79 Å². The standard InChI is InChI=1S/C9H15NO4/c11-8(12)7-10-5-9(6-14-7)1-3-13-4-2-9/h7,10H,1-6H2,(H,11,12). The molecule has 14 heavy (non-hydrogen) atoms. The molecule has 2 saturated heterocycles. The van der Waals surface area contributed by atoms with Gasteiger partial charge >= 0.3 is 5.97 Å². The van der Waals surface area contributed by atoms with Crippen LogP contribution in [0.5, 0.6) is 0 Å². The summed E-state index contributed by atoms with van der Waals surface area (Å²) in [4.78, 5) is 10.6. The fraction of sp³-hybridized carbons (Fsp3) is 0.889. The van der Waals surface area contributed by atoms with Crippen molar-refractivity contribution in [3.05, 3.63) is 0 Å². The molecular formula is C9H15NO4. The van der Waals surface area contributed by atoms with Gasteiger partial charge in [0.15, 0.2) is 0 Å². The number of carboxylic acids is 1. The van der Waals surface area contributed by atoms with E-state index in [1.807, 2.05) is 0 Å². The van der Waals surface area contributed by atoms with Crippen LogP contribution in [0, 0.1) is 5.41 Å². The molecule has 1 unspecified atom stereocenters. The molecule has 2 heterocycles. The Labute approximate surface area is 82.4 Å². The van der Waals surface area contributed by atoms with Crippen LogP contribution in [-0.4, -0.2) is 43.7 Å². The molecule has 1 atom stereocenters. The monoisotopic (exact) mass is 201 g/mol. The van der Waals surface area contributed by atoms with Gasteiger partial charge in [-0.3, -0.25) is 5.32 Å². The van der Waals surface area contributed by atoms with Crippen molar-refractivity contribution in [1.82, 2.24) is 5.32 Å². The Balaban J connectivity index is 1.90. The minimum Gasteiger partial charge on any atom is -0.478 e. The molecule has 0 aromatic heterocycles. The summed E-state index contributed by atoms with van der Waals surface area (Å²) >= 11 is 0. The first kappa shape index (κ1) is 9.89. The van der Waals surface area contributed by atoms with E-state index in [1.54, 1.807) is 0 Å². The van der Waals surface area contributed by atoms with E-state index in [0.29, 0.717) is 13.2 Å². The summed E-state index contributed by atoms with van der Waals surface area (Å²) < 4.78 is 10.5. The SMILES string of the molecule is O=C(O)C1NCC2(CCOCC2)CO1. The average molecular weight is 201 g/mol. The molecule has 80 valence electrons. The number of carbonyl (C=O) groups is 1. The van der Waals surface area contributed by atoms with Gasteiger partial charge in [0.25, 0.3) is 0 Å². The summed E-state index contributed by atoms with van der Waals surface area (Å²) in [6.07, 6.45) is 1.07. The zero-order valence-corrected chi connectivity index (χ0v) is 7.99. The predicted octanol–water partition coefficient (Wildman–Crippen LogP) is -0.186. The third-order valence-electron chi connectivity index (χ3n) is 3.00. The van der Waals surface area contributed by atoms with Crippen molar-refractivity contribution in [2.45, 2.75) is 19.1 Å². The molecule has 2 rings (SSSR count). The van der Waals surface area contributed by atoms with Crippen molar-refractivity contribution in [3.63, 3.8) is 0 Å². The van der Waals surface area contributed by atoms with E-state index in [1.165, 1.54) is 0 Å². The Morgan fingerprint density at radius 1 is 1.43 bits per heavy atom. The van der Waals surface area contributed by atoms with Crippen LogP contribution in [0.4, 0.5) is 0 Å². The Kier molecular flexibility index (Phi) is 2.71. The quantitative estimate of drug-likeness (QED) is 0.615. The maximum atomic E-state index is 10.6. The minimum atomic E-state index is -0.938. The van der Waals surface area contributed by atoms with Crippen LogP contribution in [0.2, 0.25) is 0 Å². The zero-order chi connectivity index (χ0) is 10.0. The van der Waals surface area contributed by atoms with Crippen molar-refractivity contribution in [2.75, 3.05) is 26.4 Å².